The summed E-state index contributed by atoms with van der Waals surface area (Å²) < 4.78 is 11.0. The summed E-state index contributed by atoms with van der Waals surface area (Å²) in [5.41, 5.74) is 0. The first-order valence-corrected chi connectivity index (χ1v) is 9.96. The first-order valence-electron chi connectivity index (χ1n) is 9.96. The van der Waals surface area contributed by atoms with Crippen molar-refractivity contribution in [2.75, 3.05) is 60.1 Å². The predicted molar refractivity (Wildman–Crippen MR) is 121 cm³/mol. The molecule has 1 saturated heterocycles. The zero-order chi connectivity index (χ0) is 18.5. The zero-order valence-electron chi connectivity index (χ0n) is 17.5. The molecule has 0 amide bonds. The molecule has 26 heavy (non-hydrogen) atoms. The highest BCUT2D eigenvalue weighted by atomic mass is 127. The van der Waals surface area contributed by atoms with Crippen LogP contribution in [0.15, 0.2) is 4.99 Å². The van der Waals surface area contributed by atoms with Gasteiger partial charge in [-0.1, -0.05) is 6.92 Å². The van der Waals surface area contributed by atoms with Crippen molar-refractivity contribution in [2.45, 2.75) is 58.6 Å². The molecule has 7 heteroatoms. The van der Waals surface area contributed by atoms with E-state index in [1.165, 1.54) is 6.42 Å². The molecule has 0 aromatic rings. The van der Waals surface area contributed by atoms with Gasteiger partial charge in [0.2, 0.25) is 0 Å². The fourth-order valence-electron chi connectivity index (χ4n) is 2.96. The third kappa shape index (κ3) is 10.3. The first-order chi connectivity index (χ1) is 12.1. The Morgan fingerprint density at radius 2 is 1.96 bits per heavy atom. The molecule has 0 aromatic heterocycles. The molecule has 0 radical (unpaired) electrons. The molecule has 0 spiro atoms. The average Bonchev–Trinajstić information content (AvgIpc) is 2.64. The van der Waals surface area contributed by atoms with E-state index in [9.17, 15) is 0 Å². The van der Waals surface area contributed by atoms with E-state index in [0.29, 0.717) is 12.1 Å². The third-order valence-electron chi connectivity index (χ3n) is 4.98. The van der Waals surface area contributed by atoms with E-state index in [1.807, 2.05) is 0 Å². The molecule has 1 aliphatic rings. The molecule has 1 N–H and O–H groups in total. The second-order valence-electron chi connectivity index (χ2n) is 6.88. The number of methoxy groups -OCH3 is 1. The van der Waals surface area contributed by atoms with Crippen molar-refractivity contribution in [1.82, 2.24) is 15.1 Å². The SMILES string of the molecule is CCNC(=NCCN(C)C(C)CC)N1CCC(OCCCOC)CC1.I. The Balaban J connectivity index is 0.00000625. The number of piperidine rings is 1. The molecule has 0 aliphatic carbocycles. The Morgan fingerprint density at radius 1 is 1.27 bits per heavy atom. The van der Waals surface area contributed by atoms with Gasteiger partial charge in [0.15, 0.2) is 5.96 Å². The van der Waals surface area contributed by atoms with Crippen molar-refractivity contribution in [2.24, 2.45) is 4.99 Å². The van der Waals surface area contributed by atoms with Crippen molar-refractivity contribution >= 4 is 29.9 Å². The van der Waals surface area contributed by atoms with Crippen molar-refractivity contribution in [3.63, 3.8) is 0 Å². The average molecular weight is 484 g/mol. The molecule has 1 fully saturated rings. The molecule has 1 aliphatic heterocycles. The minimum Gasteiger partial charge on any atom is -0.385 e. The molecule has 0 saturated carbocycles. The molecule has 1 atom stereocenters. The number of guanidine groups is 1. The molecule has 0 aromatic carbocycles. The predicted octanol–water partition coefficient (Wildman–Crippen LogP) is 2.82. The van der Waals surface area contributed by atoms with Crippen LogP contribution < -0.4 is 5.32 Å². The van der Waals surface area contributed by atoms with Crippen molar-refractivity contribution in [3.8, 4) is 0 Å². The summed E-state index contributed by atoms with van der Waals surface area (Å²) >= 11 is 0. The van der Waals surface area contributed by atoms with Crippen molar-refractivity contribution in [1.29, 1.82) is 0 Å². The second-order valence-corrected chi connectivity index (χ2v) is 6.88. The standard InChI is InChI=1S/C19H40N4O2.HI/c1-6-17(3)22(4)14-11-21-19(20-7-2)23-12-9-18(10-13-23)25-16-8-15-24-5;/h17-18H,6-16H2,1-5H3,(H,20,21);1H. The zero-order valence-corrected chi connectivity index (χ0v) is 19.8. The fraction of sp³-hybridized carbons (Fsp3) is 0.947. The number of ether oxygens (including phenoxy) is 2. The molecule has 1 rings (SSSR count). The van der Waals surface area contributed by atoms with E-state index in [-0.39, 0.29) is 24.0 Å². The van der Waals surface area contributed by atoms with Gasteiger partial charge in [0.05, 0.1) is 12.6 Å². The van der Waals surface area contributed by atoms with Crippen LogP contribution in [0, 0.1) is 0 Å². The minimum atomic E-state index is 0. The van der Waals surface area contributed by atoms with E-state index in [2.05, 4.69) is 42.9 Å². The Morgan fingerprint density at radius 3 is 2.54 bits per heavy atom. The Bertz CT molecular complexity index is 363. The lowest BCUT2D eigenvalue weighted by Gasteiger charge is -2.34. The smallest absolute Gasteiger partial charge is 0.193 e. The van der Waals surface area contributed by atoms with Crippen LogP contribution in [0.4, 0.5) is 0 Å². The number of rotatable bonds is 11. The summed E-state index contributed by atoms with van der Waals surface area (Å²) in [6.45, 7) is 13.0. The van der Waals surface area contributed by atoms with Crippen LogP contribution in [0.3, 0.4) is 0 Å². The number of nitrogens with zero attached hydrogens (tertiary/aromatic N) is 3. The van der Waals surface area contributed by atoms with Gasteiger partial charge >= 0.3 is 0 Å². The second kappa shape index (κ2) is 15.9. The lowest BCUT2D eigenvalue weighted by atomic mass is 10.1. The van der Waals surface area contributed by atoms with Crippen LogP contribution in [-0.4, -0.2) is 88.0 Å². The maximum Gasteiger partial charge on any atom is 0.193 e. The number of halogens is 1. The quantitative estimate of drug-likeness (QED) is 0.212. The Kier molecular flexibility index (Phi) is 15.8. The van der Waals surface area contributed by atoms with Crippen LogP contribution in [0.5, 0.6) is 0 Å². The summed E-state index contributed by atoms with van der Waals surface area (Å²) in [5, 5.41) is 3.44. The topological polar surface area (TPSA) is 49.3 Å². The highest BCUT2D eigenvalue weighted by Crippen LogP contribution is 2.14. The van der Waals surface area contributed by atoms with Crippen LogP contribution in [0.25, 0.3) is 0 Å². The van der Waals surface area contributed by atoms with Gasteiger partial charge in [0, 0.05) is 52.5 Å². The van der Waals surface area contributed by atoms with E-state index < -0.39 is 0 Å². The third-order valence-corrected chi connectivity index (χ3v) is 4.98. The number of likely N-dealkylation sites (N-methyl/N-ethyl adjacent to an activating group) is 1. The maximum absolute atomic E-state index is 5.95. The van der Waals surface area contributed by atoms with Gasteiger partial charge in [-0.25, -0.2) is 0 Å². The van der Waals surface area contributed by atoms with E-state index in [1.54, 1.807) is 7.11 Å². The molecule has 156 valence electrons. The molecular formula is C19H41IN4O2. The summed E-state index contributed by atoms with van der Waals surface area (Å²) in [7, 11) is 3.92. The minimum absolute atomic E-state index is 0. The van der Waals surface area contributed by atoms with Gasteiger partial charge in [-0.05, 0) is 46.6 Å². The van der Waals surface area contributed by atoms with Crippen molar-refractivity contribution < 1.29 is 9.47 Å². The van der Waals surface area contributed by atoms with E-state index in [4.69, 9.17) is 14.5 Å². The van der Waals surface area contributed by atoms with Gasteiger partial charge in [-0.15, -0.1) is 24.0 Å². The van der Waals surface area contributed by atoms with Gasteiger partial charge < -0.3 is 24.6 Å². The number of likely N-dealkylation sites (tertiary alicyclic amines) is 1. The van der Waals surface area contributed by atoms with Crippen LogP contribution in [0.1, 0.15) is 46.5 Å². The molecule has 1 heterocycles. The Labute approximate surface area is 178 Å². The number of hydrogen-bond donors (Lipinski definition) is 1. The van der Waals surface area contributed by atoms with Crippen molar-refractivity contribution in [3.05, 3.63) is 0 Å². The van der Waals surface area contributed by atoms with Gasteiger partial charge in [-0.2, -0.15) is 0 Å². The lowest BCUT2D eigenvalue weighted by Crippen LogP contribution is -2.47. The lowest BCUT2D eigenvalue weighted by molar-refractivity contribution is 0.00990. The normalized spacial score (nSPS) is 17.3. The molecule has 0 bridgehead atoms. The van der Waals surface area contributed by atoms with E-state index >= 15 is 0 Å². The van der Waals surface area contributed by atoms with Gasteiger partial charge in [-0.3, -0.25) is 4.99 Å². The Hall–Kier alpha value is -0.120. The highest BCUT2D eigenvalue weighted by molar-refractivity contribution is 14.0. The summed E-state index contributed by atoms with van der Waals surface area (Å²) in [6, 6.07) is 0.615. The molecule has 6 nitrogen and oxygen atoms in total. The van der Waals surface area contributed by atoms with Gasteiger partial charge in [0.25, 0.3) is 0 Å². The summed E-state index contributed by atoms with van der Waals surface area (Å²) in [4.78, 5) is 9.60. The van der Waals surface area contributed by atoms with Crippen LogP contribution in [0.2, 0.25) is 0 Å². The number of hydrogen-bond acceptors (Lipinski definition) is 4. The van der Waals surface area contributed by atoms with Gasteiger partial charge in [0.1, 0.15) is 0 Å². The monoisotopic (exact) mass is 484 g/mol. The van der Waals surface area contributed by atoms with Crippen LogP contribution in [-0.2, 0) is 9.47 Å². The van der Waals surface area contributed by atoms with Crippen LogP contribution >= 0.6 is 24.0 Å². The van der Waals surface area contributed by atoms with E-state index in [0.717, 1.165) is 71.2 Å². The number of nitrogens with one attached hydrogen (secondary N) is 1. The first kappa shape index (κ1) is 25.9. The summed E-state index contributed by atoms with van der Waals surface area (Å²) in [5.74, 6) is 1.05. The number of aliphatic imine (C=N–C) groups is 1. The fourth-order valence-corrected chi connectivity index (χ4v) is 2.96. The highest BCUT2D eigenvalue weighted by Gasteiger charge is 2.21. The molecular weight excluding hydrogens is 443 g/mol. The largest absolute Gasteiger partial charge is 0.385 e. The summed E-state index contributed by atoms with van der Waals surface area (Å²) in [6.07, 6.45) is 4.68. The maximum atomic E-state index is 5.95. The molecule has 1 unspecified atom stereocenters.